The molecule has 4 aliphatic carbocycles. The molecule has 5 aliphatic rings. The normalized spacial score (nSPS) is 31.8. The molecule has 0 N–H and O–H groups in total. The second kappa shape index (κ2) is 14.3. The number of halogens is 2. The van der Waals surface area contributed by atoms with Gasteiger partial charge in [0.1, 0.15) is 8.24 Å². The molecule has 6 rings (SSSR count). The topological polar surface area (TPSA) is 17.3 Å². The molecule has 2 fully saturated rings. The molecule has 1 saturated heterocycles. The van der Waals surface area contributed by atoms with E-state index < -0.39 is 25.3 Å². The van der Waals surface area contributed by atoms with Crippen molar-refractivity contribution in [3.8, 4) is 0 Å². The van der Waals surface area contributed by atoms with Crippen LogP contribution in [0.15, 0.2) is 85.0 Å². The molecule has 0 aromatic heterocycles. The molecule has 0 spiro atoms. The van der Waals surface area contributed by atoms with E-state index in [1.54, 1.807) is 0 Å². The second-order valence-corrected chi connectivity index (χ2v) is 22.9. The summed E-state index contributed by atoms with van der Waals surface area (Å²) in [6, 6.07) is 7.89. The first kappa shape index (κ1) is 36.9. The van der Waals surface area contributed by atoms with E-state index in [9.17, 15) is 0 Å². The Morgan fingerprint density at radius 3 is 1.67 bits per heavy atom. The van der Waals surface area contributed by atoms with Crippen LogP contribution in [0.25, 0.3) is 10.9 Å². The Kier molecular flexibility index (Phi) is 11.7. The van der Waals surface area contributed by atoms with Crippen molar-refractivity contribution in [3.05, 3.63) is 114 Å². The van der Waals surface area contributed by atoms with Gasteiger partial charge in [0.25, 0.3) is 0 Å². The van der Waals surface area contributed by atoms with Gasteiger partial charge in [-0.05, 0) is 56.7 Å². The second-order valence-electron chi connectivity index (χ2n) is 15.8. The molecule has 1 aromatic rings. The van der Waals surface area contributed by atoms with Crippen molar-refractivity contribution >= 4 is 32.4 Å². The molecule has 1 saturated carbocycles. The molecule has 0 radical (unpaired) electrons. The van der Waals surface area contributed by atoms with Crippen LogP contribution in [0.2, 0.25) is 18.6 Å². The molecule has 1 aliphatic heterocycles. The molecule has 45 heavy (non-hydrogen) atoms. The van der Waals surface area contributed by atoms with Gasteiger partial charge in [0, 0.05) is 6.04 Å². The van der Waals surface area contributed by atoms with Crippen LogP contribution in [-0.2, 0) is 27.9 Å². The Bertz CT molecular complexity index is 1330. The summed E-state index contributed by atoms with van der Waals surface area (Å²) < 4.78 is 2.96. The number of rotatable bonds is 4. The first-order valence-electron chi connectivity index (χ1n) is 16.4. The van der Waals surface area contributed by atoms with Crippen LogP contribution >= 0.6 is 18.6 Å². The zero-order valence-corrected chi connectivity index (χ0v) is 33.1. The molecular formula is C39H54Cl2N2SiTi-2. The fourth-order valence-electron chi connectivity index (χ4n) is 8.67. The molecule has 6 heteroatoms. The van der Waals surface area contributed by atoms with Crippen molar-refractivity contribution < 1.29 is 17.0 Å². The van der Waals surface area contributed by atoms with Gasteiger partial charge < -0.3 is 17.3 Å². The first-order chi connectivity index (χ1) is 20.7. The minimum absolute atomic E-state index is 0. The zero-order chi connectivity index (χ0) is 32.0. The minimum atomic E-state index is -1.97. The van der Waals surface area contributed by atoms with Crippen LogP contribution in [0, 0.1) is 31.1 Å². The van der Waals surface area contributed by atoms with Gasteiger partial charge in [-0.3, -0.25) is 0 Å². The van der Waals surface area contributed by atoms with E-state index in [1.165, 1.54) is 22.3 Å². The number of hydrogen-bond acceptors (Lipinski definition) is 1. The predicted octanol–water partition coefficient (Wildman–Crippen LogP) is 11.5. The summed E-state index contributed by atoms with van der Waals surface area (Å²) in [5.74, 6) is 2.46. The third-order valence-corrected chi connectivity index (χ3v) is 15.1. The van der Waals surface area contributed by atoms with Gasteiger partial charge in [-0.25, -0.2) is 0 Å². The monoisotopic (exact) mass is 696 g/mol. The first-order valence-corrected chi connectivity index (χ1v) is 23.8. The van der Waals surface area contributed by atoms with Crippen molar-refractivity contribution in [2.45, 2.75) is 103 Å². The van der Waals surface area contributed by atoms with E-state index in [1.807, 2.05) is 0 Å². The van der Waals surface area contributed by atoms with Gasteiger partial charge in [-0.1, -0.05) is 171 Å². The Labute approximate surface area is 293 Å². The van der Waals surface area contributed by atoms with Crippen LogP contribution in [0.4, 0.5) is 0 Å². The van der Waals surface area contributed by atoms with Gasteiger partial charge in [-0.2, -0.15) is 0 Å². The molecule has 0 bridgehead atoms. The Balaban J connectivity index is 0.00000111. The summed E-state index contributed by atoms with van der Waals surface area (Å²) in [6.45, 7) is 21.7. The Morgan fingerprint density at radius 2 is 1.22 bits per heavy atom. The van der Waals surface area contributed by atoms with Crippen LogP contribution in [0.1, 0.15) is 71.6 Å². The average molecular weight is 698 g/mol. The fraction of sp³-hybridized carbons (Fsp3) is 0.513. The number of allylic oxidation sites excluding steroid dienone is 10. The average Bonchev–Trinajstić information content (AvgIpc) is 3.53. The fourth-order valence-corrected chi connectivity index (χ4v) is 13.6. The van der Waals surface area contributed by atoms with E-state index >= 15 is 0 Å². The summed E-state index contributed by atoms with van der Waals surface area (Å²) in [4.78, 5) is 0. The van der Waals surface area contributed by atoms with Gasteiger partial charge in [0.15, 0.2) is 0 Å². The van der Waals surface area contributed by atoms with Crippen molar-refractivity contribution in [2.75, 3.05) is 0 Å². The van der Waals surface area contributed by atoms with E-state index in [0.29, 0.717) is 35.3 Å². The maximum atomic E-state index is 5.67. The SMILES string of the molecule is CC[C@H]1[N-]C2C(c3cc(C(C)(C)C)cc(C(C)(C)C)c3)=CC=C[C@H]2N1[Si](C)(C)C1C2C=CC=CC2C2C=CC=CC21.[CH3-].[Cl][Ti][Cl]. The quantitative estimate of drug-likeness (QED) is 0.226. The molecule has 7 atom stereocenters. The Morgan fingerprint density at radius 1 is 0.756 bits per heavy atom. The van der Waals surface area contributed by atoms with Crippen LogP contribution < -0.4 is 0 Å². The summed E-state index contributed by atoms with van der Waals surface area (Å²) in [6.07, 6.45) is 27.8. The summed E-state index contributed by atoms with van der Waals surface area (Å²) in [5.41, 5.74) is 6.47. The van der Waals surface area contributed by atoms with Crippen molar-refractivity contribution in [2.24, 2.45) is 23.7 Å². The number of nitrogens with zero attached hydrogens (tertiary/aromatic N) is 2. The van der Waals surface area contributed by atoms with Gasteiger partial charge >= 0.3 is 35.6 Å². The van der Waals surface area contributed by atoms with Gasteiger partial charge in [-0.15, -0.1) is 0 Å². The summed E-state index contributed by atoms with van der Waals surface area (Å²) >= 11 is -0.556. The predicted molar refractivity (Wildman–Crippen MR) is 198 cm³/mol. The van der Waals surface area contributed by atoms with Crippen molar-refractivity contribution in [1.82, 2.24) is 4.57 Å². The van der Waals surface area contributed by atoms with Gasteiger partial charge in [0.2, 0.25) is 0 Å². The molecule has 244 valence electrons. The molecule has 0 amide bonds. The van der Waals surface area contributed by atoms with Crippen LogP contribution in [-0.4, -0.2) is 31.1 Å². The zero-order valence-electron chi connectivity index (χ0n) is 29.1. The molecule has 5 unspecified atom stereocenters. The van der Waals surface area contributed by atoms with E-state index in [4.69, 9.17) is 23.9 Å². The summed E-state index contributed by atoms with van der Waals surface area (Å²) in [5, 5.41) is 5.67. The Hall–Kier alpha value is -0.909. The van der Waals surface area contributed by atoms with Gasteiger partial charge in [0.05, 0.1) is 0 Å². The van der Waals surface area contributed by atoms with E-state index in [-0.39, 0.29) is 30.5 Å². The number of hydrogen-bond donors (Lipinski definition) is 0. The molecule has 2 nitrogen and oxygen atoms in total. The third-order valence-electron chi connectivity index (χ3n) is 10.8. The maximum absolute atomic E-state index is 5.67. The van der Waals surface area contributed by atoms with Crippen LogP contribution in [0.5, 0.6) is 0 Å². The third kappa shape index (κ3) is 7.12. The molecule has 1 heterocycles. The van der Waals surface area contributed by atoms with Crippen molar-refractivity contribution in [1.29, 1.82) is 0 Å². The molecular weight excluding hydrogens is 643 g/mol. The van der Waals surface area contributed by atoms with E-state index in [0.717, 1.165) is 6.42 Å². The standard InChI is InChI=1S/C38H51N2Si.CH3.2ClH.Ti/c1-10-34-39-35-28(25-22-26(37(2,3)4)24-27(23-25)38(5,6)7)20-15-21-33(35)40(34)41(8,9)36-31-18-13-11-16-29(31)30-17-12-14-19-32(30)36;;;;/h11-24,29-36H,10H2,1-9H3;1H3;2*1H;/q2*-1;;;+2/p-2/t29?,30?,31?,32?,33-,34+,35?,36?;;;;/m1..../s1. The summed E-state index contributed by atoms with van der Waals surface area (Å²) in [7, 11) is 7.81. The number of benzene rings is 1. The van der Waals surface area contributed by atoms with E-state index in [2.05, 4.69) is 151 Å². The molecule has 1 aromatic carbocycles. The van der Waals surface area contributed by atoms with Crippen LogP contribution in [0.3, 0.4) is 0 Å². The van der Waals surface area contributed by atoms with Crippen molar-refractivity contribution in [3.63, 3.8) is 0 Å². The number of fused-ring (bicyclic) bond motifs is 4.